The molecule has 0 saturated heterocycles. The molecule has 8 heteroatoms. The molecule has 3 aromatic rings. The van der Waals surface area contributed by atoms with Gasteiger partial charge in [0.2, 0.25) is 5.91 Å². The first kappa shape index (κ1) is 26.8. The monoisotopic (exact) mass is 514 g/mol. The lowest BCUT2D eigenvalue weighted by Gasteiger charge is -2.25. The van der Waals surface area contributed by atoms with Crippen LogP contribution in [0.1, 0.15) is 56.2 Å². The van der Waals surface area contributed by atoms with E-state index in [2.05, 4.69) is 5.32 Å². The van der Waals surface area contributed by atoms with Gasteiger partial charge in [-0.25, -0.2) is 4.68 Å². The minimum Gasteiger partial charge on any atom is -0.329 e. The summed E-state index contributed by atoms with van der Waals surface area (Å²) in [5.41, 5.74) is 2.69. The molecule has 0 aliphatic carbocycles. The van der Waals surface area contributed by atoms with E-state index in [-0.39, 0.29) is 29.7 Å². The van der Waals surface area contributed by atoms with Crippen molar-refractivity contribution in [3.8, 4) is 5.69 Å². The van der Waals surface area contributed by atoms with Crippen LogP contribution in [0.2, 0.25) is 10.0 Å². The molecule has 1 aromatic heterocycles. The molecule has 35 heavy (non-hydrogen) atoms. The van der Waals surface area contributed by atoms with Gasteiger partial charge >= 0.3 is 0 Å². The highest BCUT2D eigenvalue weighted by Crippen LogP contribution is 2.29. The quantitative estimate of drug-likeness (QED) is 0.390. The standard InChI is InChI=1S/C27H32Cl2N4O2/c1-17(2)15-32(26(35)20-10-8-7-9-18(20)3)16-25(34)30-24-14-23(27(4,5)6)31-33(24)19-11-12-21(28)22(29)13-19/h7-14,17H,15-16H2,1-6H3,(H,30,34). The van der Waals surface area contributed by atoms with E-state index < -0.39 is 0 Å². The smallest absolute Gasteiger partial charge is 0.254 e. The number of carbonyl (C=O) groups is 2. The summed E-state index contributed by atoms with van der Waals surface area (Å²) >= 11 is 12.3. The number of hydrogen-bond donors (Lipinski definition) is 1. The molecular weight excluding hydrogens is 483 g/mol. The van der Waals surface area contributed by atoms with Crippen molar-refractivity contribution in [2.24, 2.45) is 5.92 Å². The highest BCUT2D eigenvalue weighted by atomic mass is 35.5. The molecule has 0 aliphatic heterocycles. The number of benzene rings is 2. The minimum atomic E-state index is -0.311. The molecule has 2 aromatic carbocycles. The fraction of sp³-hybridized carbons (Fsp3) is 0.370. The number of nitrogens with one attached hydrogen (secondary N) is 1. The van der Waals surface area contributed by atoms with Crippen LogP contribution in [0.25, 0.3) is 5.69 Å². The average molecular weight is 515 g/mol. The van der Waals surface area contributed by atoms with E-state index in [0.29, 0.717) is 33.7 Å². The van der Waals surface area contributed by atoms with E-state index in [1.54, 1.807) is 33.8 Å². The van der Waals surface area contributed by atoms with Crippen molar-refractivity contribution in [3.63, 3.8) is 0 Å². The predicted octanol–water partition coefficient (Wildman–Crippen LogP) is 6.52. The zero-order chi connectivity index (χ0) is 25.9. The van der Waals surface area contributed by atoms with Crippen LogP contribution in [-0.2, 0) is 10.2 Å². The van der Waals surface area contributed by atoms with Gasteiger partial charge in [-0.3, -0.25) is 9.59 Å². The van der Waals surface area contributed by atoms with Gasteiger partial charge in [0.25, 0.3) is 5.91 Å². The van der Waals surface area contributed by atoms with Gasteiger partial charge in [0, 0.05) is 23.6 Å². The van der Waals surface area contributed by atoms with Gasteiger partial charge in [0.15, 0.2) is 0 Å². The Balaban J connectivity index is 1.90. The summed E-state index contributed by atoms with van der Waals surface area (Å²) in [6, 6.07) is 14.4. The predicted molar refractivity (Wildman–Crippen MR) is 143 cm³/mol. The summed E-state index contributed by atoms with van der Waals surface area (Å²) in [6.07, 6.45) is 0. The zero-order valence-corrected chi connectivity index (χ0v) is 22.5. The molecule has 3 rings (SSSR count). The molecule has 0 bridgehead atoms. The van der Waals surface area contributed by atoms with E-state index in [1.807, 2.05) is 65.8 Å². The Bertz CT molecular complexity index is 1230. The Morgan fingerprint density at radius 1 is 1.06 bits per heavy atom. The van der Waals surface area contributed by atoms with Crippen LogP contribution in [-0.4, -0.2) is 39.6 Å². The summed E-state index contributed by atoms with van der Waals surface area (Å²) < 4.78 is 1.64. The first-order valence-electron chi connectivity index (χ1n) is 11.6. The largest absolute Gasteiger partial charge is 0.329 e. The number of hydrogen-bond acceptors (Lipinski definition) is 3. The number of aryl methyl sites for hydroxylation is 1. The van der Waals surface area contributed by atoms with Crippen molar-refractivity contribution in [1.29, 1.82) is 0 Å². The minimum absolute atomic E-state index is 0.0806. The van der Waals surface area contributed by atoms with Crippen molar-refractivity contribution in [3.05, 3.63) is 75.4 Å². The molecule has 6 nitrogen and oxygen atoms in total. The van der Waals surface area contributed by atoms with E-state index >= 15 is 0 Å². The van der Waals surface area contributed by atoms with Crippen LogP contribution in [0.4, 0.5) is 5.82 Å². The fourth-order valence-electron chi connectivity index (χ4n) is 3.65. The molecule has 1 heterocycles. The molecule has 0 atom stereocenters. The highest BCUT2D eigenvalue weighted by molar-refractivity contribution is 6.42. The maximum atomic E-state index is 13.3. The molecule has 0 radical (unpaired) electrons. The molecule has 0 saturated carbocycles. The van der Waals surface area contributed by atoms with Gasteiger partial charge in [-0.15, -0.1) is 0 Å². The van der Waals surface area contributed by atoms with E-state index in [0.717, 1.165) is 11.3 Å². The van der Waals surface area contributed by atoms with E-state index in [4.69, 9.17) is 28.3 Å². The Labute approximate surface area is 217 Å². The van der Waals surface area contributed by atoms with Gasteiger partial charge in [0.05, 0.1) is 21.4 Å². The molecule has 0 fully saturated rings. The third kappa shape index (κ3) is 6.65. The maximum absolute atomic E-state index is 13.3. The normalized spacial score (nSPS) is 11.6. The Morgan fingerprint density at radius 3 is 2.34 bits per heavy atom. The van der Waals surface area contributed by atoms with Crippen LogP contribution in [0, 0.1) is 12.8 Å². The lowest BCUT2D eigenvalue weighted by Crippen LogP contribution is -2.40. The van der Waals surface area contributed by atoms with Crippen LogP contribution >= 0.6 is 23.2 Å². The molecule has 1 N–H and O–H groups in total. The Kier molecular flexibility index (Phi) is 8.29. The summed E-state index contributed by atoms with van der Waals surface area (Å²) in [7, 11) is 0. The van der Waals surface area contributed by atoms with Gasteiger partial charge in [0.1, 0.15) is 12.4 Å². The molecule has 0 spiro atoms. The molecule has 2 amide bonds. The highest BCUT2D eigenvalue weighted by Gasteiger charge is 2.24. The number of amides is 2. The molecule has 0 aliphatic rings. The lowest BCUT2D eigenvalue weighted by atomic mass is 9.92. The third-order valence-electron chi connectivity index (χ3n) is 5.48. The SMILES string of the molecule is Cc1ccccc1C(=O)N(CC(=O)Nc1cc(C(C)(C)C)nn1-c1ccc(Cl)c(Cl)c1)CC(C)C. The number of rotatable bonds is 7. The third-order valence-corrected chi connectivity index (χ3v) is 6.21. The lowest BCUT2D eigenvalue weighted by molar-refractivity contribution is -0.117. The summed E-state index contributed by atoms with van der Waals surface area (Å²) in [6.45, 7) is 12.4. The van der Waals surface area contributed by atoms with Gasteiger partial charge in [-0.05, 0) is 42.7 Å². The van der Waals surface area contributed by atoms with E-state index in [1.165, 1.54) is 0 Å². The Morgan fingerprint density at radius 2 is 1.74 bits per heavy atom. The van der Waals surface area contributed by atoms with Crippen molar-refractivity contribution >= 4 is 40.8 Å². The van der Waals surface area contributed by atoms with Gasteiger partial charge < -0.3 is 10.2 Å². The van der Waals surface area contributed by atoms with Crippen molar-refractivity contribution in [2.75, 3.05) is 18.4 Å². The summed E-state index contributed by atoms with van der Waals surface area (Å²) in [5.74, 6) is 0.214. The summed E-state index contributed by atoms with van der Waals surface area (Å²) in [4.78, 5) is 28.1. The van der Waals surface area contributed by atoms with Crippen molar-refractivity contribution in [1.82, 2.24) is 14.7 Å². The van der Waals surface area contributed by atoms with Crippen LogP contribution in [0.5, 0.6) is 0 Å². The number of aromatic nitrogens is 2. The van der Waals surface area contributed by atoms with Gasteiger partial charge in [-0.2, -0.15) is 5.10 Å². The number of anilines is 1. The second kappa shape index (κ2) is 10.8. The first-order valence-corrected chi connectivity index (χ1v) is 12.3. The first-order chi connectivity index (χ1) is 16.4. The van der Waals surface area contributed by atoms with Gasteiger partial charge in [-0.1, -0.05) is 76.0 Å². The maximum Gasteiger partial charge on any atom is 0.254 e. The number of nitrogens with zero attached hydrogens (tertiary/aromatic N) is 3. The number of halogens is 2. The van der Waals surface area contributed by atoms with Crippen molar-refractivity contribution in [2.45, 2.75) is 47.0 Å². The molecule has 186 valence electrons. The fourth-order valence-corrected chi connectivity index (χ4v) is 3.94. The molecule has 0 unspecified atom stereocenters. The second-order valence-corrected chi connectivity index (χ2v) is 10.9. The zero-order valence-electron chi connectivity index (χ0n) is 21.0. The van der Waals surface area contributed by atoms with Crippen LogP contribution in [0.15, 0.2) is 48.5 Å². The summed E-state index contributed by atoms with van der Waals surface area (Å²) in [5, 5.41) is 8.49. The Hall–Kier alpha value is -2.83. The second-order valence-electron chi connectivity index (χ2n) is 10.1. The average Bonchev–Trinajstić information content (AvgIpc) is 3.19. The number of carbonyl (C=O) groups excluding carboxylic acids is 2. The van der Waals surface area contributed by atoms with E-state index in [9.17, 15) is 9.59 Å². The molecular formula is C27H32Cl2N4O2. The van der Waals surface area contributed by atoms with Crippen LogP contribution in [0.3, 0.4) is 0 Å². The van der Waals surface area contributed by atoms with Crippen LogP contribution < -0.4 is 5.32 Å². The van der Waals surface area contributed by atoms with Crippen molar-refractivity contribution < 1.29 is 9.59 Å². The topological polar surface area (TPSA) is 67.2 Å².